The van der Waals surface area contributed by atoms with Crippen molar-refractivity contribution in [3.63, 3.8) is 0 Å². The first-order valence-corrected chi connectivity index (χ1v) is 6.36. The molecule has 0 aromatic heterocycles. The second-order valence-corrected chi connectivity index (χ2v) is 4.67. The number of phenolic OH excluding ortho intramolecular Hbond substituents is 1. The Balaban J connectivity index is 2.02. The molecule has 0 aliphatic rings. The Morgan fingerprint density at radius 2 is 1.85 bits per heavy atom. The third kappa shape index (κ3) is 3.46. The van der Waals surface area contributed by atoms with Gasteiger partial charge < -0.3 is 10.4 Å². The maximum atomic E-state index is 10.7. The van der Waals surface area contributed by atoms with Gasteiger partial charge in [-0.25, -0.2) is 0 Å². The van der Waals surface area contributed by atoms with Crippen LogP contribution in [0.2, 0.25) is 5.02 Å². The Bertz CT molecular complexity index is 632. The molecule has 0 saturated carbocycles. The predicted molar refractivity (Wildman–Crippen MR) is 76.8 cm³/mol. The Labute approximate surface area is 121 Å². The molecule has 2 N–H and O–H groups in total. The van der Waals surface area contributed by atoms with E-state index in [0.29, 0.717) is 23.7 Å². The lowest BCUT2D eigenvalue weighted by Crippen LogP contribution is -2.13. The second kappa shape index (κ2) is 6.36. The van der Waals surface area contributed by atoms with Gasteiger partial charge in [-0.1, -0.05) is 29.8 Å². The van der Waals surface area contributed by atoms with Gasteiger partial charge in [0.25, 0.3) is 5.69 Å². The maximum absolute atomic E-state index is 10.7. The molecule has 0 unspecified atom stereocenters. The third-order valence-electron chi connectivity index (χ3n) is 2.86. The summed E-state index contributed by atoms with van der Waals surface area (Å²) in [7, 11) is 0. The maximum Gasteiger partial charge on any atom is 0.269 e. The number of hydrogen-bond donors (Lipinski definition) is 2. The van der Waals surface area contributed by atoms with Crippen molar-refractivity contribution in [3.8, 4) is 5.75 Å². The van der Waals surface area contributed by atoms with E-state index >= 15 is 0 Å². The molecule has 20 heavy (non-hydrogen) atoms. The van der Waals surface area contributed by atoms with Crippen LogP contribution >= 0.6 is 11.6 Å². The van der Waals surface area contributed by atoms with Crippen LogP contribution in [0.25, 0.3) is 0 Å². The third-order valence-corrected chi connectivity index (χ3v) is 3.23. The largest absolute Gasteiger partial charge is 0.508 e. The highest BCUT2D eigenvalue weighted by Gasteiger charge is 2.09. The zero-order chi connectivity index (χ0) is 14.5. The normalized spacial score (nSPS) is 10.4. The molecule has 0 heterocycles. The van der Waals surface area contributed by atoms with Gasteiger partial charge in [-0.2, -0.15) is 0 Å². The molecular formula is C14H13ClN2O3. The number of halogens is 1. The van der Waals surface area contributed by atoms with Gasteiger partial charge in [-0.3, -0.25) is 10.1 Å². The van der Waals surface area contributed by atoms with E-state index in [4.69, 9.17) is 11.6 Å². The quantitative estimate of drug-likeness (QED) is 0.655. The SMILES string of the molecule is O=[N+]([O-])c1ccc(Cl)c(CNCc2ccccc2O)c1. The van der Waals surface area contributed by atoms with Crippen LogP contribution in [0.3, 0.4) is 0 Å². The second-order valence-electron chi connectivity index (χ2n) is 4.27. The van der Waals surface area contributed by atoms with Gasteiger partial charge in [0, 0.05) is 35.8 Å². The molecule has 2 aromatic carbocycles. The number of aromatic hydroxyl groups is 1. The van der Waals surface area contributed by atoms with Crippen LogP contribution in [0.15, 0.2) is 42.5 Å². The van der Waals surface area contributed by atoms with Gasteiger partial charge in [-0.05, 0) is 17.7 Å². The van der Waals surface area contributed by atoms with E-state index in [-0.39, 0.29) is 11.4 Å². The minimum absolute atomic E-state index is 0.00811. The monoisotopic (exact) mass is 292 g/mol. The zero-order valence-corrected chi connectivity index (χ0v) is 11.3. The summed E-state index contributed by atoms with van der Waals surface area (Å²) >= 11 is 6.00. The summed E-state index contributed by atoms with van der Waals surface area (Å²) in [5.41, 5.74) is 1.42. The molecule has 0 aliphatic heterocycles. The highest BCUT2D eigenvalue weighted by atomic mass is 35.5. The first kappa shape index (κ1) is 14.3. The summed E-state index contributed by atoms with van der Waals surface area (Å²) < 4.78 is 0. The van der Waals surface area contributed by atoms with Gasteiger partial charge in [0.1, 0.15) is 5.75 Å². The first-order valence-electron chi connectivity index (χ1n) is 5.98. The highest BCUT2D eigenvalue weighted by molar-refractivity contribution is 6.31. The summed E-state index contributed by atoms with van der Waals surface area (Å²) in [6.45, 7) is 0.834. The molecule has 0 amide bonds. The van der Waals surface area contributed by atoms with Crippen molar-refractivity contribution in [1.82, 2.24) is 5.32 Å². The van der Waals surface area contributed by atoms with Gasteiger partial charge >= 0.3 is 0 Å². The van der Waals surface area contributed by atoms with Crippen molar-refractivity contribution >= 4 is 17.3 Å². The van der Waals surface area contributed by atoms with Gasteiger partial charge in [0.2, 0.25) is 0 Å². The van der Waals surface area contributed by atoms with E-state index in [2.05, 4.69) is 5.32 Å². The first-order chi connectivity index (χ1) is 9.58. The number of para-hydroxylation sites is 1. The zero-order valence-electron chi connectivity index (χ0n) is 10.5. The number of nitro groups is 1. The Hall–Kier alpha value is -2.11. The molecular weight excluding hydrogens is 280 g/mol. The van der Waals surface area contributed by atoms with Crippen LogP contribution < -0.4 is 5.32 Å². The predicted octanol–water partition coefficient (Wildman–Crippen LogP) is 3.24. The van der Waals surface area contributed by atoms with Gasteiger partial charge in [0.05, 0.1) is 4.92 Å². The number of benzene rings is 2. The standard InChI is InChI=1S/C14H13ClN2O3/c15-13-6-5-12(17(19)20)7-11(13)9-16-8-10-3-1-2-4-14(10)18/h1-7,16,18H,8-9H2. The number of nitrogens with one attached hydrogen (secondary N) is 1. The molecule has 104 valence electrons. The Kier molecular flexibility index (Phi) is 4.55. The molecule has 2 aromatic rings. The molecule has 0 aliphatic carbocycles. The van der Waals surface area contributed by atoms with E-state index in [1.807, 2.05) is 6.07 Å². The van der Waals surface area contributed by atoms with Crippen molar-refractivity contribution in [2.75, 3.05) is 0 Å². The lowest BCUT2D eigenvalue weighted by molar-refractivity contribution is -0.384. The van der Waals surface area contributed by atoms with Crippen molar-refractivity contribution in [2.24, 2.45) is 0 Å². The van der Waals surface area contributed by atoms with Crippen LogP contribution in [-0.2, 0) is 13.1 Å². The summed E-state index contributed by atoms with van der Waals surface area (Å²) in [6, 6.07) is 11.3. The Morgan fingerprint density at radius 1 is 1.15 bits per heavy atom. The number of nitro benzene ring substituents is 1. The van der Waals surface area contributed by atoms with E-state index < -0.39 is 4.92 Å². The summed E-state index contributed by atoms with van der Waals surface area (Å²) in [5.74, 6) is 0.213. The molecule has 5 nitrogen and oxygen atoms in total. The summed E-state index contributed by atoms with van der Waals surface area (Å²) in [4.78, 5) is 10.3. The topological polar surface area (TPSA) is 75.4 Å². The fourth-order valence-electron chi connectivity index (χ4n) is 1.80. The molecule has 6 heteroatoms. The van der Waals surface area contributed by atoms with Crippen LogP contribution in [0.5, 0.6) is 5.75 Å². The lowest BCUT2D eigenvalue weighted by Gasteiger charge is -2.08. The number of hydrogen-bond acceptors (Lipinski definition) is 4. The Morgan fingerprint density at radius 3 is 2.55 bits per heavy atom. The molecule has 0 bridgehead atoms. The molecule has 0 atom stereocenters. The minimum Gasteiger partial charge on any atom is -0.508 e. The fourth-order valence-corrected chi connectivity index (χ4v) is 1.99. The van der Waals surface area contributed by atoms with Crippen molar-refractivity contribution < 1.29 is 10.0 Å². The molecule has 0 spiro atoms. The van der Waals surface area contributed by atoms with Gasteiger partial charge in [0.15, 0.2) is 0 Å². The van der Waals surface area contributed by atoms with Crippen LogP contribution in [-0.4, -0.2) is 10.0 Å². The number of rotatable bonds is 5. The lowest BCUT2D eigenvalue weighted by atomic mass is 10.1. The highest BCUT2D eigenvalue weighted by Crippen LogP contribution is 2.22. The van der Waals surface area contributed by atoms with Crippen LogP contribution in [0, 0.1) is 10.1 Å². The van der Waals surface area contributed by atoms with E-state index in [0.717, 1.165) is 5.56 Å². The molecule has 0 saturated heterocycles. The van der Waals surface area contributed by atoms with Crippen molar-refractivity contribution in [2.45, 2.75) is 13.1 Å². The summed E-state index contributed by atoms with van der Waals surface area (Å²) in [5, 5.41) is 23.9. The van der Waals surface area contributed by atoms with E-state index in [1.165, 1.54) is 18.2 Å². The average molecular weight is 293 g/mol. The smallest absolute Gasteiger partial charge is 0.269 e. The van der Waals surface area contributed by atoms with E-state index in [9.17, 15) is 15.2 Å². The summed E-state index contributed by atoms with van der Waals surface area (Å²) in [6.07, 6.45) is 0. The number of nitrogens with zero attached hydrogens (tertiary/aromatic N) is 1. The van der Waals surface area contributed by atoms with Gasteiger partial charge in [-0.15, -0.1) is 0 Å². The minimum atomic E-state index is -0.456. The van der Waals surface area contributed by atoms with Crippen LogP contribution in [0.1, 0.15) is 11.1 Å². The van der Waals surface area contributed by atoms with Crippen LogP contribution in [0.4, 0.5) is 5.69 Å². The number of phenols is 1. The van der Waals surface area contributed by atoms with Crippen molar-refractivity contribution in [3.05, 3.63) is 68.7 Å². The van der Waals surface area contributed by atoms with Crippen molar-refractivity contribution in [1.29, 1.82) is 0 Å². The average Bonchev–Trinajstić information content (AvgIpc) is 2.42. The number of non-ortho nitro benzene ring substituents is 1. The molecule has 0 radical (unpaired) electrons. The molecule has 0 fully saturated rings. The fraction of sp³-hybridized carbons (Fsp3) is 0.143. The van der Waals surface area contributed by atoms with E-state index in [1.54, 1.807) is 18.2 Å². The molecule has 2 rings (SSSR count).